The zero-order chi connectivity index (χ0) is 23.1. The molecule has 0 radical (unpaired) electrons. The Kier molecular flexibility index (Phi) is 12.0. The van der Waals surface area contributed by atoms with Crippen LogP contribution in [-0.2, 0) is 30.1 Å². The van der Waals surface area contributed by atoms with Gasteiger partial charge in [-0.25, -0.2) is 0 Å². The molecule has 0 spiro atoms. The Morgan fingerprint density at radius 2 is 1.07 bits per heavy atom. The average Bonchev–Trinajstić information content (AvgIpc) is 2.52. The Balaban J connectivity index is 5.87. The van der Waals surface area contributed by atoms with Crippen molar-refractivity contribution in [3.8, 4) is 0 Å². The van der Waals surface area contributed by atoms with Crippen LogP contribution in [0.4, 0.5) is 0 Å². The molecule has 7 nitrogen and oxygen atoms in total. The summed E-state index contributed by atoms with van der Waals surface area (Å²) in [7, 11) is -8.93. The molecule has 0 aromatic carbocycles. The van der Waals surface area contributed by atoms with Crippen molar-refractivity contribution in [1.29, 1.82) is 0 Å². The number of hydrogen-bond acceptors (Lipinski definition) is 7. The van der Waals surface area contributed by atoms with Gasteiger partial charge >= 0.3 is 17.6 Å². The minimum atomic E-state index is -3.10. The summed E-state index contributed by atoms with van der Waals surface area (Å²) in [5.41, 5.74) is 0.431. The second-order valence-corrected chi connectivity index (χ2v) is 32.4. The van der Waals surface area contributed by atoms with Crippen LogP contribution < -0.4 is 0 Å². The SMILES string of the molecule is CC[Si](=O)C[Si](O[Si](C)(C)C)(O[Si](C)(C)C)O[Si](C)(C)CC[Si](OC)(OC)OC. The first-order chi connectivity index (χ1) is 13.0. The molecule has 0 saturated carbocycles. The zero-order valence-electron chi connectivity index (χ0n) is 20.7. The van der Waals surface area contributed by atoms with E-state index in [1.807, 2.05) is 6.92 Å². The minimum Gasteiger partial charge on any atom is -0.417 e. The standard InChI is InChI=1S/C16H44O7Si6/c1-13-24(17)16-29(21-25(5,6)7,22-26(8,9)10)23-27(11,12)14-15-28(18-2,19-3)20-4/h13-16H2,1-12H3. The van der Waals surface area contributed by atoms with Gasteiger partial charge in [-0.05, 0) is 64.5 Å². The summed E-state index contributed by atoms with van der Waals surface area (Å²) in [6, 6.07) is 2.10. The topological polar surface area (TPSA) is 72.5 Å². The van der Waals surface area contributed by atoms with E-state index in [1.165, 1.54) is 0 Å². The molecule has 0 aliphatic carbocycles. The van der Waals surface area contributed by atoms with Crippen molar-refractivity contribution in [2.24, 2.45) is 0 Å². The monoisotopic (exact) mass is 516 g/mol. The van der Waals surface area contributed by atoms with E-state index in [1.54, 1.807) is 21.3 Å². The van der Waals surface area contributed by atoms with E-state index in [2.05, 4.69) is 52.4 Å². The summed E-state index contributed by atoms with van der Waals surface area (Å²) in [5.74, 6) is 0. The van der Waals surface area contributed by atoms with Crippen molar-refractivity contribution >= 4 is 51.2 Å². The third-order valence-corrected chi connectivity index (χ3v) is 23.8. The van der Waals surface area contributed by atoms with E-state index < -0.39 is 51.2 Å². The highest BCUT2D eigenvalue weighted by Gasteiger charge is 2.53. The fourth-order valence-electron chi connectivity index (χ4n) is 2.95. The molecule has 0 N–H and O–H groups in total. The van der Waals surface area contributed by atoms with Crippen molar-refractivity contribution in [2.45, 2.75) is 83.1 Å². The predicted octanol–water partition coefficient (Wildman–Crippen LogP) is 4.71. The number of hydrogen-bond donors (Lipinski definition) is 0. The van der Waals surface area contributed by atoms with E-state index in [0.29, 0.717) is 17.8 Å². The lowest BCUT2D eigenvalue weighted by molar-refractivity contribution is 0.124. The highest BCUT2D eigenvalue weighted by atomic mass is 28.5. The van der Waals surface area contributed by atoms with Gasteiger partial charge in [0.05, 0.1) is 5.67 Å². The molecule has 0 aliphatic rings. The Bertz CT molecular complexity index is 491. The zero-order valence-corrected chi connectivity index (χ0v) is 26.7. The van der Waals surface area contributed by atoms with Crippen LogP contribution in [0.2, 0.25) is 76.2 Å². The second-order valence-electron chi connectivity index (χ2n) is 9.84. The lowest BCUT2D eigenvalue weighted by Crippen LogP contribution is -2.62. The van der Waals surface area contributed by atoms with Gasteiger partial charge in [0.1, 0.15) is 0 Å². The average molecular weight is 517 g/mol. The summed E-state index contributed by atoms with van der Waals surface area (Å²) in [4.78, 5) is 0. The highest BCUT2D eigenvalue weighted by molar-refractivity contribution is 6.93. The molecular weight excluding hydrogens is 473 g/mol. The normalized spacial score (nSPS) is 14.3. The summed E-state index contributed by atoms with van der Waals surface area (Å²) in [6.07, 6.45) is 0. The fraction of sp³-hybridized carbons (Fsp3) is 1.00. The number of rotatable bonds is 15. The van der Waals surface area contributed by atoms with Gasteiger partial charge in [0.2, 0.25) is 0 Å². The smallest absolute Gasteiger partial charge is 0.417 e. The van der Waals surface area contributed by atoms with E-state index in [-0.39, 0.29) is 0 Å². The Morgan fingerprint density at radius 3 is 1.38 bits per heavy atom. The van der Waals surface area contributed by atoms with Gasteiger partial charge in [-0.1, -0.05) is 6.92 Å². The van der Waals surface area contributed by atoms with Crippen molar-refractivity contribution in [1.82, 2.24) is 0 Å². The first-order valence-corrected chi connectivity index (χ1v) is 25.9. The molecule has 0 heterocycles. The van der Waals surface area contributed by atoms with E-state index in [9.17, 15) is 4.46 Å². The van der Waals surface area contributed by atoms with E-state index in [4.69, 9.17) is 25.6 Å². The predicted molar refractivity (Wildman–Crippen MR) is 131 cm³/mol. The Labute approximate surface area is 185 Å². The van der Waals surface area contributed by atoms with Gasteiger partial charge in [-0.2, -0.15) is 0 Å². The third-order valence-electron chi connectivity index (χ3n) is 4.13. The van der Waals surface area contributed by atoms with Crippen LogP contribution in [0.3, 0.4) is 0 Å². The van der Waals surface area contributed by atoms with Gasteiger partial charge in [-0.3, -0.25) is 0 Å². The minimum absolute atomic E-state index is 0.431. The molecule has 0 aromatic heterocycles. The lowest BCUT2D eigenvalue weighted by atomic mass is 10.9. The van der Waals surface area contributed by atoms with Gasteiger partial charge in [0, 0.05) is 27.4 Å². The molecule has 0 bridgehead atoms. The summed E-state index contributed by atoms with van der Waals surface area (Å²) >= 11 is 0. The van der Waals surface area contributed by atoms with Gasteiger partial charge in [0.15, 0.2) is 25.0 Å². The Morgan fingerprint density at radius 1 is 0.655 bits per heavy atom. The summed E-state index contributed by atoms with van der Waals surface area (Å²) in [6.45, 7) is 19.1. The molecule has 0 atom stereocenters. The molecule has 0 aliphatic heterocycles. The third kappa shape index (κ3) is 11.9. The van der Waals surface area contributed by atoms with Gasteiger partial charge in [0.25, 0.3) is 8.68 Å². The quantitative estimate of drug-likeness (QED) is 0.292. The van der Waals surface area contributed by atoms with Crippen molar-refractivity contribution < 1.29 is 30.1 Å². The van der Waals surface area contributed by atoms with E-state index in [0.717, 1.165) is 6.04 Å². The van der Waals surface area contributed by atoms with Crippen LogP contribution in [0.15, 0.2) is 0 Å². The van der Waals surface area contributed by atoms with Crippen LogP contribution >= 0.6 is 0 Å². The molecule has 0 saturated heterocycles. The van der Waals surface area contributed by atoms with Gasteiger partial charge in [-0.15, -0.1) is 0 Å². The van der Waals surface area contributed by atoms with Crippen LogP contribution in [-0.4, -0.2) is 72.6 Å². The highest BCUT2D eigenvalue weighted by Crippen LogP contribution is 2.32. The maximum Gasteiger partial charge on any atom is 0.499 e. The molecule has 13 heteroatoms. The maximum absolute atomic E-state index is 12.7. The molecular formula is C16H44O7Si6. The van der Waals surface area contributed by atoms with Gasteiger partial charge < -0.3 is 30.1 Å². The Hall–Kier alpha value is 0.861. The van der Waals surface area contributed by atoms with Crippen LogP contribution in [0.25, 0.3) is 0 Å². The molecule has 0 rings (SSSR count). The molecule has 174 valence electrons. The first kappa shape index (κ1) is 29.9. The lowest BCUT2D eigenvalue weighted by Gasteiger charge is -2.43. The van der Waals surface area contributed by atoms with Crippen molar-refractivity contribution in [3.63, 3.8) is 0 Å². The second kappa shape index (κ2) is 11.6. The summed E-state index contributed by atoms with van der Waals surface area (Å²) in [5, 5.41) is 0. The summed E-state index contributed by atoms with van der Waals surface area (Å²) < 4.78 is 49.7. The maximum atomic E-state index is 12.7. The molecule has 0 unspecified atom stereocenters. The first-order valence-electron chi connectivity index (χ1n) is 10.2. The van der Waals surface area contributed by atoms with Crippen molar-refractivity contribution in [2.75, 3.05) is 21.3 Å². The molecule has 0 fully saturated rings. The fourth-order valence-corrected chi connectivity index (χ4v) is 26.3. The largest absolute Gasteiger partial charge is 0.499 e. The van der Waals surface area contributed by atoms with Crippen LogP contribution in [0.5, 0.6) is 0 Å². The van der Waals surface area contributed by atoms with Crippen LogP contribution in [0.1, 0.15) is 6.92 Å². The molecule has 0 amide bonds. The van der Waals surface area contributed by atoms with E-state index >= 15 is 0 Å². The molecule has 0 aromatic rings. The van der Waals surface area contributed by atoms with Crippen molar-refractivity contribution in [3.05, 3.63) is 0 Å². The molecule has 29 heavy (non-hydrogen) atoms. The van der Waals surface area contributed by atoms with Crippen LogP contribution in [0, 0.1) is 0 Å².